The maximum atomic E-state index is 13.1. The van der Waals surface area contributed by atoms with Gasteiger partial charge in [0.2, 0.25) is 11.9 Å². The van der Waals surface area contributed by atoms with E-state index in [2.05, 4.69) is 20.5 Å². The zero-order chi connectivity index (χ0) is 17.2. The normalized spacial score (nSPS) is 13.1. The molecule has 0 spiro atoms. The highest BCUT2D eigenvalue weighted by Gasteiger charge is 2.26. The Morgan fingerprint density at radius 1 is 1.28 bits per heavy atom. The first-order chi connectivity index (χ1) is 12.2. The zero-order valence-corrected chi connectivity index (χ0v) is 14.6. The fourth-order valence-corrected chi connectivity index (χ4v) is 3.82. The Kier molecular flexibility index (Phi) is 4.36. The van der Waals surface area contributed by atoms with Crippen molar-refractivity contribution in [2.75, 3.05) is 22.5 Å². The predicted octanol–water partition coefficient (Wildman–Crippen LogP) is 2.76. The SMILES string of the molecule is O=C(CSc1nnc2n1CCN2c1ccc(F)cc1)Nc1nccs1. The topological polar surface area (TPSA) is 75.9 Å². The standard InChI is InChI=1S/C15H13FN6OS2/c16-10-1-3-11(4-2-10)21-6-7-22-14(21)19-20-15(22)25-9-12(23)18-13-17-5-8-24-13/h1-5,8H,6-7,9H2,(H,17,18,23). The van der Waals surface area contributed by atoms with Crippen molar-refractivity contribution >= 4 is 45.8 Å². The van der Waals surface area contributed by atoms with E-state index in [0.29, 0.717) is 16.2 Å². The fraction of sp³-hybridized carbons (Fsp3) is 0.200. The lowest BCUT2D eigenvalue weighted by Crippen LogP contribution is -2.14. The lowest BCUT2D eigenvalue weighted by atomic mass is 10.3. The highest BCUT2D eigenvalue weighted by molar-refractivity contribution is 7.99. The number of carbonyl (C=O) groups is 1. The summed E-state index contributed by atoms with van der Waals surface area (Å²) in [6, 6.07) is 6.28. The summed E-state index contributed by atoms with van der Waals surface area (Å²) in [5.41, 5.74) is 0.866. The zero-order valence-electron chi connectivity index (χ0n) is 12.9. The Morgan fingerprint density at radius 3 is 2.88 bits per heavy atom. The average molecular weight is 376 g/mol. The van der Waals surface area contributed by atoms with Crippen LogP contribution in [0.15, 0.2) is 41.0 Å². The molecule has 0 unspecified atom stereocenters. The number of nitrogens with zero attached hydrogens (tertiary/aromatic N) is 5. The molecule has 0 fully saturated rings. The van der Waals surface area contributed by atoms with E-state index in [1.807, 2.05) is 9.47 Å². The molecule has 0 aliphatic carbocycles. The van der Waals surface area contributed by atoms with Gasteiger partial charge in [0.15, 0.2) is 10.3 Å². The number of benzene rings is 1. The van der Waals surface area contributed by atoms with Gasteiger partial charge in [-0.1, -0.05) is 11.8 Å². The second kappa shape index (κ2) is 6.81. The first-order valence-electron chi connectivity index (χ1n) is 7.49. The van der Waals surface area contributed by atoms with Gasteiger partial charge < -0.3 is 10.2 Å². The molecule has 1 aliphatic rings. The molecule has 0 bridgehead atoms. The van der Waals surface area contributed by atoms with E-state index in [1.54, 1.807) is 23.7 Å². The molecule has 0 saturated carbocycles. The van der Waals surface area contributed by atoms with Crippen LogP contribution in [0, 0.1) is 5.82 Å². The summed E-state index contributed by atoms with van der Waals surface area (Å²) in [5, 5.41) is 14.2. The van der Waals surface area contributed by atoms with Crippen molar-refractivity contribution in [2.24, 2.45) is 0 Å². The van der Waals surface area contributed by atoms with Crippen LogP contribution in [0.5, 0.6) is 0 Å². The molecular weight excluding hydrogens is 363 g/mol. The van der Waals surface area contributed by atoms with Crippen LogP contribution in [0.1, 0.15) is 0 Å². The van der Waals surface area contributed by atoms with E-state index in [-0.39, 0.29) is 17.5 Å². The molecule has 10 heteroatoms. The number of rotatable bonds is 5. The molecule has 0 saturated heterocycles. The van der Waals surface area contributed by atoms with Crippen LogP contribution < -0.4 is 10.2 Å². The van der Waals surface area contributed by atoms with Gasteiger partial charge in [-0.2, -0.15) is 0 Å². The predicted molar refractivity (Wildman–Crippen MR) is 94.9 cm³/mol. The van der Waals surface area contributed by atoms with Gasteiger partial charge in [-0.25, -0.2) is 9.37 Å². The Balaban J connectivity index is 1.43. The van der Waals surface area contributed by atoms with Gasteiger partial charge in [-0.3, -0.25) is 9.36 Å². The minimum atomic E-state index is -0.271. The van der Waals surface area contributed by atoms with Crippen LogP contribution in [0.2, 0.25) is 0 Å². The Labute approximate surface area is 150 Å². The summed E-state index contributed by atoms with van der Waals surface area (Å²) in [6.45, 7) is 1.45. The largest absolute Gasteiger partial charge is 0.309 e. The summed E-state index contributed by atoms with van der Waals surface area (Å²) in [6.07, 6.45) is 1.64. The van der Waals surface area contributed by atoms with Crippen molar-refractivity contribution in [1.82, 2.24) is 19.7 Å². The summed E-state index contributed by atoms with van der Waals surface area (Å²) >= 11 is 2.70. The number of hydrogen-bond donors (Lipinski definition) is 1. The molecule has 4 rings (SSSR count). The van der Waals surface area contributed by atoms with E-state index in [1.165, 1.54) is 35.2 Å². The van der Waals surface area contributed by atoms with E-state index < -0.39 is 0 Å². The van der Waals surface area contributed by atoms with Gasteiger partial charge in [0, 0.05) is 30.4 Å². The highest BCUT2D eigenvalue weighted by atomic mass is 32.2. The highest BCUT2D eigenvalue weighted by Crippen LogP contribution is 2.32. The van der Waals surface area contributed by atoms with Crippen molar-refractivity contribution in [2.45, 2.75) is 11.7 Å². The first kappa shape index (κ1) is 16.0. The molecule has 1 amide bonds. The quantitative estimate of drug-likeness (QED) is 0.690. The molecule has 3 heterocycles. The van der Waals surface area contributed by atoms with E-state index >= 15 is 0 Å². The van der Waals surface area contributed by atoms with Crippen molar-refractivity contribution in [3.63, 3.8) is 0 Å². The number of nitrogens with one attached hydrogen (secondary N) is 1. The second-order valence-electron chi connectivity index (χ2n) is 5.24. The van der Waals surface area contributed by atoms with Gasteiger partial charge >= 0.3 is 0 Å². The van der Waals surface area contributed by atoms with Crippen LogP contribution >= 0.6 is 23.1 Å². The summed E-state index contributed by atoms with van der Waals surface area (Å²) in [7, 11) is 0. The third-order valence-corrected chi connectivity index (χ3v) is 5.29. The van der Waals surface area contributed by atoms with Gasteiger partial charge in [0.05, 0.1) is 5.75 Å². The van der Waals surface area contributed by atoms with Crippen LogP contribution in [-0.2, 0) is 11.3 Å². The number of amides is 1. The number of thioether (sulfide) groups is 1. The fourth-order valence-electron chi connectivity index (χ4n) is 2.52. The smallest absolute Gasteiger partial charge is 0.236 e. The second-order valence-corrected chi connectivity index (χ2v) is 7.07. The van der Waals surface area contributed by atoms with Crippen LogP contribution in [0.3, 0.4) is 0 Å². The molecule has 3 aromatic rings. The number of halogens is 1. The molecule has 0 atom stereocenters. The van der Waals surface area contributed by atoms with Crippen molar-refractivity contribution in [3.05, 3.63) is 41.7 Å². The number of hydrogen-bond acceptors (Lipinski definition) is 7. The lowest BCUT2D eigenvalue weighted by molar-refractivity contribution is -0.113. The molecule has 0 radical (unpaired) electrons. The van der Waals surface area contributed by atoms with Gasteiger partial charge in [-0.15, -0.1) is 21.5 Å². The van der Waals surface area contributed by atoms with Crippen molar-refractivity contribution in [1.29, 1.82) is 0 Å². The van der Waals surface area contributed by atoms with Crippen molar-refractivity contribution < 1.29 is 9.18 Å². The molecule has 1 N–H and O–H groups in total. The summed E-state index contributed by atoms with van der Waals surface area (Å²) in [5.74, 6) is 0.529. The maximum Gasteiger partial charge on any atom is 0.236 e. The molecule has 2 aromatic heterocycles. The molecule has 1 aliphatic heterocycles. The van der Waals surface area contributed by atoms with Gasteiger partial charge in [-0.05, 0) is 24.3 Å². The molecule has 25 heavy (non-hydrogen) atoms. The number of carbonyl (C=O) groups excluding carboxylic acids is 1. The lowest BCUT2D eigenvalue weighted by Gasteiger charge is -2.14. The number of aromatic nitrogens is 4. The van der Waals surface area contributed by atoms with E-state index in [4.69, 9.17) is 0 Å². The summed E-state index contributed by atoms with van der Waals surface area (Å²) < 4.78 is 15.1. The Morgan fingerprint density at radius 2 is 2.12 bits per heavy atom. The molecular formula is C15H13FN6OS2. The summed E-state index contributed by atoms with van der Waals surface area (Å²) in [4.78, 5) is 18.0. The van der Waals surface area contributed by atoms with Gasteiger partial charge in [0.1, 0.15) is 5.82 Å². The number of fused-ring (bicyclic) bond motifs is 1. The molecule has 1 aromatic carbocycles. The number of anilines is 3. The monoisotopic (exact) mass is 376 g/mol. The molecule has 7 nitrogen and oxygen atoms in total. The van der Waals surface area contributed by atoms with Crippen LogP contribution in [0.4, 0.5) is 21.2 Å². The first-order valence-corrected chi connectivity index (χ1v) is 9.36. The van der Waals surface area contributed by atoms with E-state index in [9.17, 15) is 9.18 Å². The minimum absolute atomic E-state index is 0.134. The van der Waals surface area contributed by atoms with Crippen LogP contribution in [-0.4, -0.2) is 38.0 Å². The van der Waals surface area contributed by atoms with Gasteiger partial charge in [0.25, 0.3) is 0 Å². The van der Waals surface area contributed by atoms with Crippen LogP contribution in [0.25, 0.3) is 0 Å². The number of thiazole rings is 1. The Bertz CT molecular complexity index is 880. The van der Waals surface area contributed by atoms with E-state index in [0.717, 1.165) is 18.8 Å². The molecule has 128 valence electrons. The third kappa shape index (κ3) is 3.35. The Hall–Kier alpha value is -2.46. The minimum Gasteiger partial charge on any atom is -0.309 e. The maximum absolute atomic E-state index is 13.1. The van der Waals surface area contributed by atoms with Crippen molar-refractivity contribution in [3.8, 4) is 0 Å². The third-order valence-electron chi connectivity index (χ3n) is 3.64. The average Bonchev–Trinajstić information content (AvgIpc) is 3.32.